The van der Waals surface area contributed by atoms with Crippen molar-refractivity contribution in [2.45, 2.75) is 117 Å². The highest BCUT2D eigenvalue weighted by molar-refractivity contribution is 8.93. The van der Waals surface area contributed by atoms with Crippen molar-refractivity contribution in [2.75, 3.05) is 19.8 Å². The van der Waals surface area contributed by atoms with E-state index in [-0.39, 0.29) is 23.7 Å². The lowest BCUT2D eigenvalue weighted by Gasteiger charge is -2.16. The van der Waals surface area contributed by atoms with Crippen LogP contribution in [-0.4, -0.2) is 29.8 Å². The topological polar surface area (TPSA) is 23.5 Å². The highest BCUT2D eigenvalue weighted by atomic mass is 79.9. The van der Waals surface area contributed by atoms with Crippen molar-refractivity contribution in [3.05, 3.63) is 0 Å². The molecule has 0 aromatic carbocycles. The van der Waals surface area contributed by atoms with Crippen molar-refractivity contribution < 1.29 is 5.11 Å². The summed E-state index contributed by atoms with van der Waals surface area (Å²) >= 11 is 0. The fourth-order valence-electron chi connectivity index (χ4n) is 3.21. The largest absolute Gasteiger partial charge is 0.381 e. The van der Waals surface area contributed by atoms with Gasteiger partial charge in [0.15, 0.2) is 0 Å². The zero-order valence-corrected chi connectivity index (χ0v) is 18.5. The first-order chi connectivity index (χ1) is 11.3. The standard InChI is InChI=1S/C21H45NO.BrH/c1-3-5-6-7-8-9-10-11-12-13-14-15-16-17-18-19-20-22(4-2)21-23;/h23H,3-21H2,1-2H3;1H. The molecule has 0 saturated heterocycles. The number of unbranched alkanes of at least 4 members (excludes halogenated alkanes) is 15. The van der Waals surface area contributed by atoms with Gasteiger partial charge in [-0.25, -0.2) is 0 Å². The van der Waals surface area contributed by atoms with Crippen LogP contribution in [0.1, 0.15) is 117 Å². The van der Waals surface area contributed by atoms with E-state index in [1.165, 1.54) is 103 Å². The van der Waals surface area contributed by atoms with Gasteiger partial charge >= 0.3 is 0 Å². The summed E-state index contributed by atoms with van der Waals surface area (Å²) in [7, 11) is 0. The van der Waals surface area contributed by atoms with Crippen LogP contribution in [0.3, 0.4) is 0 Å². The molecule has 0 atom stereocenters. The Hall–Kier alpha value is 0.400. The average Bonchev–Trinajstić information content (AvgIpc) is 2.58. The minimum Gasteiger partial charge on any atom is -0.381 e. The van der Waals surface area contributed by atoms with Crippen molar-refractivity contribution in [3.63, 3.8) is 0 Å². The minimum absolute atomic E-state index is 0. The van der Waals surface area contributed by atoms with Crippen LogP contribution < -0.4 is 0 Å². The zero-order chi connectivity index (χ0) is 17.0. The molecule has 0 fully saturated rings. The van der Waals surface area contributed by atoms with E-state index in [0.29, 0.717) is 0 Å². The number of nitrogens with zero attached hydrogens (tertiary/aromatic N) is 1. The van der Waals surface area contributed by atoms with Crippen LogP contribution in [0.4, 0.5) is 0 Å². The van der Waals surface area contributed by atoms with Crippen LogP contribution in [0, 0.1) is 0 Å². The Balaban J connectivity index is 0. The summed E-state index contributed by atoms with van der Waals surface area (Å²) in [6, 6.07) is 0. The van der Waals surface area contributed by atoms with Gasteiger partial charge in [-0.2, -0.15) is 0 Å². The van der Waals surface area contributed by atoms with E-state index in [1.807, 2.05) is 0 Å². The van der Waals surface area contributed by atoms with E-state index in [2.05, 4.69) is 18.7 Å². The van der Waals surface area contributed by atoms with Crippen LogP contribution in [-0.2, 0) is 0 Å². The van der Waals surface area contributed by atoms with E-state index in [0.717, 1.165) is 13.1 Å². The third-order valence-corrected chi connectivity index (χ3v) is 4.98. The Bertz CT molecular complexity index is 210. The number of aliphatic hydroxyl groups excluding tert-OH is 1. The summed E-state index contributed by atoms with van der Waals surface area (Å²) in [5.74, 6) is 0. The molecule has 148 valence electrons. The molecule has 0 aliphatic carbocycles. The molecule has 0 aliphatic rings. The van der Waals surface area contributed by atoms with Crippen LogP contribution >= 0.6 is 17.0 Å². The summed E-state index contributed by atoms with van der Waals surface area (Å²) in [6.45, 7) is 6.65. The maximum atomic E-state index is 9.08. The zero-order valence-electron chi connectivity index (χ0n) is 16.7. The second-order valence-corrected chi connectivity index (χ2v) is 7.16. The van der Waals surface area contributed by atoms with Crippen molar-refractivity contribution in [1.82, 2.24) is 4.90 Å². The lowest BCUT2D eigenvalue weighted by atomic mass is 10.0. The molecule has 0 amide bonds. The predicted molar refractivity (Wildman–Crippen MR) is 114 cm³/mol. The molecule has 0 aromatic heterocycles. The van der Waals surface area contributed by atoms with Crippen molar-refractivity contribution in [2.24, 2.45) is 0 Å². The van der Waals surface area contributed by atoms with E-state index >= 15 is 0 Å². The van der Waals surface area contributed by atoms with Gasteiger partial charge in [0.05, 0.1) is 6.73 Å². The van der Waals surface area contributed by atoms with E-state index in [1.54, 1.807) is 0 Å². The third kappa shape index (κ3) is 20.4. The SMILES string of the molecule is Br.CCCCCCCCCCCCCCCCCCN(CC)CO. The number of hydrogen-bond acceptors (Lipinski definition) is 2. The molecule has 0 aromatic rings. The molecule has 0 heterocycles. The molecule has 0 unspecified atom stereocenters. The highest BCUT2D eigenvalue weighted by Crippen LogP contribution is 2.13. The van der Waals surface area contributed by atoms with Gasteiger partial charge in [0.2, 0.25) is 0 Å². The van der Waals surface area contributed by atoms with Crippen LogP contribution in [0.2, 0.25) is 0 Å². The van der Waals surface area contributed by atoms with E-state index in [4.69, 9.17) is 5.11 Å². The lowest BCUT2D eigenvalue weighted by molar-refractivity contribution is 0.111. The first-order valence-corrected chi connectivity index (χ1v) is 10.7. The maximum absolute atomic E-state index is 9.08. The molecule has 0 rings (SSSR count). The predicted octanol–water partition coefficient (Wildman–Crippen LogP) is 7.10. The molecular formula is C21H46BrNO. The van der Waals surface area contributed by atoms with Gasteiger partial charge in [-0.05, 0) is 13.0 Å². The second-order valence-electron chi connectivity index (χ2n) is 7.16. The molecule has 24 heavy (non-hydrogen) atoms. The van der Waals surface area contributed by atoms with Crippen molar-refractivity contribution in [3.8, 4) is 0 Å². The molecule has 0 aliphatic heterocycles. The first-order valence-electron chi connectivity index (χ1n) is 10.7. The summed E-state index contributed by atoms with van der Waals surface area (Å²) in [6.07, 6.45) is 22.7. The Morgan fingerprint density at radius 1 is 0.542 bits per heavy atom. The van der Waals surface area contributed by atoms with E-state index < -0.39 is 0 Å². The van der Waals surface area contributed by atoms with Gasteiger partial charge in [-0.3, -0.25) is 4.90 Å². The Kier molecular flexibility index (Phi) is 26.0. The Labute approximate surface area is 163 Å². The van der Waals surface area contributed by atoms with Gasteiger partial charge < -0.3 is 5.11 Å². The molecule has 3 heteroatoms. The monoisotopic (exact) mass is 407 g/mol. The Morgan fingerprint density at radius 2 is 0.875 bits per heavy atom. The van der Waals surface area contributed by atoms with Crippen LogP contribution in [0.25, 0.3) is 0 Å². The van der Waals surface area contributed by atoms with Gasteiger partial charge in [-0.15, -0.1) is 17.0 Å². The quantitative estimate of drug-likeness (QED) is 0.182. The van der Waals surface area contributed by atoms with Gasteiger partial charge in [0, 0.05) is 6.54 Å². The first kappa shape index (κ1) is 26.6. The molecular weight excluding hydrogens is 362 g/mol. The maximum Gasteiger partial charge on any atom is 0.0956 e. The molecule has 0 saturated carbocycles. The van der Waals surface area contributed by atoms with Gasteiger partial charge in [-0.1, -0.05) is 110 Å². The highest BCUT2D eigenvalue weighted by Gasteiger charge is 1.99. The fraction of sp³-hybridized carbons (Fsp3) is 1.00. The number of hydrogen-bond donors (Lipinski definition) is 1. The van der Waals surface area contributed by atoms with Gasteiger partial charge in [0.1, 0.15) is 0 Å². The second kappa shape index (κ2) is 23.4. The van der Waals surface area contributed by atoms with Gasteiger partial charge in [0.25, 0.3) is 0 Å². The summed E-state index contributed by atoms with van der Waals surface area (Å²) < 4.78 is 0. The summed E-state index contributed by atoms with van der Waals surface area (Å²) in [5.41, 5.74) is 0. The van der Waals surface area contributed by atoms with Crippen LogP contribution in [0.5, 0.6) is 0 Å². The molecule has 0 bridgehead atoms. The molecule has 0 spiro atoms. The molecule has 0 radical (unpaired) electrons. The minimum atomic E-state index is 0. The normalized spacial score (nSPS) is 11.0. The Morgan fingerprint density at radius 3 is 1.17 bits per heavy atom. The smallest absolute Gasteiger partial charge is 0.0956 e. The van der Waals surface area contributed by atoms with E-state index in [9.17, 15) is 0 Å². The number of rotatable bonds is 19. The van der Waals surface area contributed by atoms with Crippen molar-refractivity contribution >= 4 is 17.0 Å². The molecule has 2 nitrogen and oxygen atoms in total. The number of aliphatic hydroxyl groups is 1. The third-order valence-electron chi connectivity index (χ3n) is 4.98. The number of halogens is 1. The lowest BCUT2D eigenvalue weighted by Crippen LogP contribution is -2.25. The summed E-state index contributed by atoms with van der Waals surface area (Å²) in [4.78, 5) is 2.10. The van der Waals surface area contributed by atoms with Crippen LogP contribution in [0.15, 0.2) is 0 Å². The average molecular weight is 409 g/mol. The van der Waals surface area contributed by atoms with Crippen molar-refractivity contribution in [1.29, 1.82) is 0 Å². The molecule has 1 N–H and O–H groups in total. The summed E-state index contributed by atoms with van der Waals surface area (Å²) in [5, 5.41) is 9.08. The fourth-order valence-corrected chi connectivity index (χ4v) is 3.21.